The van der Waals surface area contributed by atoms with Gasteiger partial charge in [0.15, 0.2) is 5.72 Å². The molecular formula is C22H18ClNO2. The van der Waals surface area contributed by atoms with Crippen molar-refractivity contribution in [3.63, 3.8) is 0 Å². The predicted molar refractivity (Wildman–Crippen MR) is 102 cm³/mol. The number of aliphatic hydroxyl groups is 1. The summed E-state index contributed by atoms with van der Waals surface area (Å²) < 4.78 is 0. The highest BCUT2D eigenvalue weighted by Gasteiger charge is 2.49. The van der Waals surface area contributed by atoms with Crippen LogP contribution in [0.25, 0.3) is 0 Å². The second-order valence-corrected chi connectivity index (χ2v) is 6.86. The van der Waals surface area contributed by atoms with E-state index in [-0.39, 0.29) is 5.91 Å². The lowest BCUT2D eigenvalue weighted by molar-refractivity contribution is -0.0493. The van der Waals surface area contributed by atoms with Gasteiger partial charge in [0.05, 0.1) is 0 Å². The molecule has 3 nitrogen and oxygen atoms in total. The Morgan fingerprint density at radius 2 is 1.65 bits per heavy atom. The van der Waals surface area contributed by atoms with Crippen LogP contribution in [0, 0.1) is 0 Å². The zero-order chi connectivity index (χ0) is 18.1. The number of carbonyl (C=O) groups is 1. The van der Waals surface area contributed by atoms with E-state index in [0.29, 0.717) is 34.7 Å². The molecule has 4 rings (SSSR count). The molecule has 0 radical (unpaired) electrons. The van der Waals surface area contributed by atoms with E-state index in [1.807, 2.05) is 72.8 Å². The van der Waals surface area contributed by atoms with Crippen molar-refractivity contribution in [2.45, 2.75) is 12.1 Å². The highest BCUT2D eigenvalue weighted by Crippen LogP contribution is 2.42. The molecular weight excluding hydrogens is 346 g/mol. The maximum atomic E-state index is 13.0. The third-order valence-electron chi connectivity index (χ3n) is 4.86. The highest BCUT2D eigenvalue weighted by molar-refractivity contribution is 6.30. The predicted octanol–water partition coefficient (Wildman–Crippen LogP) is 4.23. The van der Waals surface area contributed by atoms with Crippen LogP contribution in [0.3, 0.4) is 0 Å². The first kappa shape index (κ1) is 16.8. The number of hydrogen-bond acceptors (Lipinski definition) is 2. The lowest BCUT2D eigenvalue weighted by Gasteiger charge is -2.35. The molecule has 0 saturated carbocycles. The highest BCUT2D eigenvalue weighted by atomic mass is 35.5. The van der Waals surface area contributed by atoms with Crippen LogP contribution in [-0.2, 0) is 12.1 Å². The number of halogens is 1. The Balaban J connectivity index is 1.74. The van der Waals surface area contributed by atoms with Gasteiger partial charge in [-0.2, -0.15) is 0 Å². The second kappa shape index (κ2) is 6.60. The third-order valence-corrected chi connectivity index (χ3v) is 5.09. The van der Waals surface area contributed by atoms with Crippen LogP contribution in [0.4, 0.5) is 0 Å². The minimum Gasteiger partial charge on any atom is -0.363 e. The first-order valence-electron chi connectivity index (χ1n) is 8.54. The van der Waals surface area contributed by atoms with Crippen molar-refractivity contribution in [1.82, 2.24) is 4.90 Å². The number of amides is 1. The monoisotopic (exact) mass is 363 g/mol. The van der Waals surface area contributed by atoms with E-state index in [1.54, 1.807) is 11.0 Å². The lowest BCUT2D eigenvalue weighted by atomic mass is 9.93. The smallest absolute Gasteiger partial charge is 0.257 e. The van der Waals surface area contributed by atoms with Gasteiger partial charge in [0.2, 0.25) is 0 Å². The van der Waals surface area contributed by atoms with Crippen molar-refractivity contribution in [3.8, 4) is 0 Å². The van der Waals surface area contributed by atoms with Gasteiger partial charge >= 0.3 is 0 Å². The first-order valence-corrected chi connectivity index (χ1v) is 8.92. The Hall–Kier alpha value is -2.62. The summed E-state index contributed by atoms with van der Waals surface area (Å²) in [6.45, 7) is 0.388. The van der Waals surface area contributed by atoms with Crippen molar-refractivity contribution < 1.29 is 9.90 Å². The minimum absolute atomic E-state index is 0.158. The second-order valence-electron chi connectivity index (χ2n) is 6.42. The summed E-state index contributed by atoms with van der Waals surface area (Å²) in [5.74, 6) is -0.158. The molecule has 3 aromatic rings. The Bertz CT molecular complexity index is 957. The van der Waals surface area contributed by atoms with Gasteiger partial charge in [0, 0.05) is 28.3 Å². The molecule has 0 bridgehead atoms. The molecule has 3 aromatic carbocycles. The molecule has 4 heteroatoms. The fourth-order valence-corrected chi connectivity index (χ4v) is 3.80. The fraction of sp³-hybridized carbons (Fsp3) is 0.136. The third kappa shape index (κ3) is 2.70. The summed E-state index contributed by atoms with van der Waals surface area (Å²) in [6, 6.07) is 24.2. The van der Waals surface area contributed by atoms with Crippen LogP contribution in [0.1, 0.15) is 27.0 Å². The number of fused-ring (bicyclic) bond motifs is 1. The summed E-state index contributed by atoms with van der Waals surface area (Å²) >= 11 is 6.06. The van der Waals surface area contributed by atoms with E-state index in [9.17, 15) is 9.90 Å². The van der Waals surface area contributed by atoms with Crippen LogP contribution in [-0.4, -0.2) is 22.5 Å². The van der Waals surface area contributed by atoms with Crippen molar-refractivity contribution in [1.29, 1.82) is 0 Å². The standard InChI is InChI=1S/C22H18ClNO2/c23-18-10-6-7-16(15-18)13-14-24-21(25)19-11-4-5-12-20(19)22(24,26)17-8-2-1-3-9-17/h1-12,15,26H,13-14H2. The zero-order valence-electron chi connectivity index (χ0n) is 14.1. The summed E-state index contributed by atoms with van der Waals surface area (Å²) in [5, 5.41) is 12.3. The molecule has 0 fully saturated rings. The summed E-state index contributed by atoms with van der Waals surface area (Å²) in [7, 11) is 0. The molecule has 1 aliphatic heterocycles. The van der Waals surface area contributed by atoms with E-state index in [0.717, 1.165) is 5.56 Å². The topological polar surface area (TPSA) is 40.5 Å². The Morgan fingerprint density at radius 1 is 0.923 bits per heavy atom. The molecule has 0 spiro atoms. The molecule has 26 heavy (non-hydrogen) atoms. The average Bonchev–Trinajstić information content (AvgIpc) is 2.90. The summed E-state index contributed by atoms with van der Waals surface area (Å²) in [4.78, 5) is 14.6. The zero-order valence-corrected chi connectivity index (χ0v) is 14.9. The van der Waals surface area contributed by atoms with E-state index in [4.69, 9.17) is 11.6 Å². The summed E-state index contributed by atoms with van der Waals surface area (Å²) in [6.07, 6.45) is 0.607. The van der Waals surface area contributed by atoms with E-state index >= 15 is 0 Å². The number of rotatable bonds is 4. The Morgan fingerprint density at radius 3 is 2.42 bits per heavy atom. The van der Waals surface area contributed by atoms with Crippen LogP contribution in [0.5, 0.6) is 0 Å². The van der Waals surface area contributed by atoms with Crippen molar-refractivity contribution in [2.75, 3.05) is 6.54 Å². The first-order chi connectivity index (χ1) is 12.6. The molecule has 1 N–H and O–H groups in total. The number of nitrogens with zero attached hydrogens (tertiary/aromatic N) is 1. The van der Waals surface area contributed by atoms with Gasteiger partial charge in [-0.05, 0) is 30.2 Å². The minimum atomic E-state index is -1.46. The van der Waals surface area contributed by atoms with E-state index in [1.165, 1.54) is 0 Å². The molecule has 1 amide bonds. The van der Waals surface area contributed by atoms with Crippen LogP contribution in [0.2, 0.25) is 5.02 Å². The Labute approximate surface area is 157 Å². The normalized spacial score (nSPS) is 18.8. The maximum Gasteiger partial charge on any atom is 0.257 e. The average molecular weight is 364 g/mol. The van der Waals surface area contributed by atoms with Crippen LogP contribution in [0.15, 0.2) is 78.9 Å². The number of hydrogen-bond donors (Lipinski definition) is 1. The van der Waals surface area contributed by atoms with Crippen molar-refractivity contribution in [2.24, 2.45) is 0 Å². The van der Waals surface area contributed by atoms with Gasteiger partial charge < -0.3 is 10.0 Å². The Kier molecular flexibility index (Phi) is 4.27. The van der Waals surface area contributed by atoms with Crippen molar-refractivity contribution >= 4 is 17.5 Å². The van der Waals surface area contributed by atoms with Crippen molar-refractivity contribution in [3.05, 3.63) is 106 Å². The fourth-order valence-electron chi connectivity index (χ4n) is 3.59. The molecule has 1 heterocycles. The SMILES string of the molecule is O=C1c2ccccc2C(O)(c2ccccc2)N1CCc1cccc(Cl)c1. The van der Waals surface area contributed by atoms with Crippen LogP contribution >= 0.6 is 11.6 Å². The molecule has 1 unspecified atom stereocenters. The molecule has 1 aliphatic rings. The van der Waals surface area contributed by atoms with E-state index < -0.39 is 5.72 Å². The van der Waals surface area contributed by atoms with Gasteiger partial charge in [-0.25, -0.2) is 0 Å². The molecule has 0 saturated heterocycles. The van der Waals surface area contributed by atoms with E-state index in [2.05, 4.69) is 0 Å². The van der Waals surface area contributed by atoms with Gasteiger partial charge in [-0.1, -0.05) is 72.3 Å². The molecule has 130 valence electrons. The quantitative estimate of drug-likeness (QED) is 0.753. The van der Waals surface area contributed by atoms with Gasteiger partial charge in [-0.3, -0.25) is 4.79 Å². The van der Waals surface area contributed by atoms with Gasteiger partial charge in [0.25, 0.3) is 5.91 Å². The van der Waals surface area contributed by atoms with Crippen LogP contribution < -0.4 is 0 Å². The maximum absolute atomic E-state index is 13.0. The molecule has 0 aromatic heterocycles. The summed E-state index contributed by atoms with van der Waals surface area (Å²) in [5.41, 5.74) is 1.42. The largest absolute Gasteiger partial charge is 0.363 e. The van der Waals surface area contributed by atoms with Gasteiger partial charge in [0.1, 0.15) is 0 Å². The molecule has 1 atom stereocenters. The van der Waals surface area contributed by atoms with Gasteiger partial charge in [-0.15, -0.1) is 0 Å². The number of carbonyl (C=O) groups excluding carboxylic acids is 1. The molecule has 0 aliphatic carbocycles. The lowest BCUT2D eigenvalue weighted by Crippen LogP contribution is -2.45. The number of benzene rings is 3.